The molecule has 132 valence electrons. The minimum Gasteiger partial charge on any atom is -0.378 e. The maximum Gasteiger partial charge on any atom is 0.321 e. The van der Waals surface area contributed by atoms with E-state index in [0.29, 0.717) is 11.6 Å². The van der Waals surface area contributed by atoms with Gasteiger partial charge < -0.3 is 19.9 Å². The van der Waals surface area contributed by atoms with Gasteiger partial charge in [0.1, 0.15) is 0 Å². The molecule has 1 heterocycles. The van der Waals surface area contributed by atoms with E-state index < -0.39 is 0 Å². The maximum absolute atomic E-state index is 12.4. The van der Waals surface area contributed by atoms with Crippen LogP contribution in [0, 0.1) is 0 Å². The van der Waals surface area contributed by atoms with Gasteiger partial charge in [-0.25, -0.2) is 4.79 Å². The van der Waals surface area contributed by atoms with E-state index in [1.54, 1.807) is 36.2 Å². The smallest absolute Gasteiger partial charge is 0.321 e. The molecule has 0 saturated carbocycles. The molecule has 5 nitrogen and oxygen atoms in total. The molecule has 2 amide bonds. The summed E-state index contributed by atoms with van der Waals surface area (Å²) in [6.07, 6.45) is 0. The van der Waals surface area contributed by atoms with Crippen LogP contribution >= 0.6 is 11.6 Å². The molecule has 2 aromatic carbocycles. The lowest BCUT2D eigenvalue weighted by molar-refractivity contribution is 0.122. The number of carbonyl (C=O) groups is 1. The van der Waals surface area contributed by atoms with Gasteiger partial charge in [0, 0.05) is 43.1 Å². The van der Waals surface area contributed by atoms with Crippen molar-refractivity contribution in [3.63, 3.8) is 0 Å². The molecule has 0 radical (unpaired) electrons. The Morgan fingerprint density at radius 2 is 1.84 bits per heavy atom. The summed E-state index contributed by atoms with van der Waals surface area (Å²) in [5, 5.41) is 3.53. The van der Waals surface area contributed by atoms with Crippen LogP contribution in [0.5, 0.6) is 0 Å². The highest BCUT2D eigenvalue weighted by atomic mass is 35.5. The van der Waals surface area contributed by atoms with E-state index in [0.717, 1.165) is 43.2 Å². The molecular weight excluding hydrogens is 338 g/mol. The summed E-state index contributed by atoms with van der Waals surface area (Å²) < 4.78 is 5.43. The molecule has 0 aromatic heterocycles. The van der Waals surface area contributed by atoms with Gasteiger partial charge in [-0.1, -0.05) is 29.8 Å². The van der Waals surface area contributed by atoms with Gasteiger partial charge in [0.05, 0.1) is 13.2 Å². The second-order valence-electron chi connectivity index (χ2n) is 6.02. The Hall–Kier alpha value is -2.24. The Balaban J connectivity index is 1.66. The number of urea groups is 1. The van der Waals surface area contributed by atoms with Crippen LogP contribution in [-0.2, 0) is 11.3 Å². The summed E-state index contributed by atoms with van der Waals surface area (Å²) in [7, 11) is 1.79. The molecule has 0 unspecified atom stereocenters. The lowest BCUT2D eigenvalue weighted by Gasteiger charge is -2.31. The molecule has 0 atom stereocenters. The molecule has 25 heavy (non-hydrogen) atoms. The van der Waals surface area contributed by atoms with Gasteiger partial charge in [0.15, 0.2) is 0 Å². The van der Waals surface area contributed by atoms with Crippen LogP contribution in [0.2, 0.25) is 5.02 Å². The predicted molar refractivity (Wildman–Crippen MR) is 101 cm³/mol. The van der Waals surface area contributed by atoms with Crippen molar-refractivity contribution in [2.45, 2.75) is 6.54 Å². The molecule has 1 saturated heterocycles. The summed E-state index contributed by atoms with van der Waals surface area (Å²) >= 11 is 5.87. The van der Waals surface area contributed by atoms with Crippen molar-refractivity contribution in [2.24, 2.45) is 0 Å². The van der Waals surface area contributed by atoms with E-state index >= 15 is 0 Å². The standard InChI is InChI=1S/C19H22ClN3O2/c1-22(19(24)21-17-8-6-16(20)7-9-17)14-15-4-2-3-5-18(15)23-10-12-25-13-11-23/h2-9H,10-14H2,1H3,(H,21,24). The van der Waals surface area contributed by atoms with Crippen LogP contribution < -0.4 is 10.2 Å². The van der Waals surface area contributed by atoms with E-state index in [4.69, 9.17) is 16.3 Å². The van der Waals surface area contributed by atoms with E-state index in [1.165, 1.54) is 0 Å². The number of rotatable bonds is 4. The molecule has 1 fully saturated rings. The number of amides is 2. The van der Waals surface area contributed by atoms with Crippen LogP contribution in [-0.4, -0.2) is 44.3 Å². The summed E-state index contributed by atoms with van der Waals surface area (Å²) in [6, 6.07) is 15.1. The van der Waals surface area contributed by atoms with E-state index in [2.05, 4.69) is 22.3 Å². The van der Waals surface area contributed by atoms with Crippen LogP contribution in [0.4, 0.5) is 16.2 Å². The fourth-order valence-electron chi connectivity index (χ4n) is 2.84. The van der Waals surface area contributed by atoms with Gasteiger partial charge in [0.25, 0.3) is 0 Å². The average molecular weight is 360 g/mol. The molecule has 2 aromatic rings. The Kier molecular flexibility index (Phi) is 5.79. The van der Waals surface area contributed by atoms with Crippen molar-refractivity contribution in [1.82, 2.24) is 4.90 Å². The number of benzene rings is 2. The average Bonchev–Trinajstić information content (AvgIpc) is 2.64. The highest BCUT2D eigenvalue weighted by Gasteiger charge is 2.17. The second kappa shape index (κ2) is 8.23. The summed E-state index contributed by atoms with van der Waals surface area (Å²) in [5.74, 6) is 0. The van der Waals surface area contributed by atoms with Crippen molar-refractivity contribution in [3.05, 3.63) is 59.1 Å². The SMILES string of the molecule is CN(Cc1ccccc1N1CCOCC1)C(=O)Nc1ccc(Cl)cc1. The predicted octanol–water partition coefficient (Wildman–Crippen LogP) is 3.84. The molecule has 1 N–H and O–H groups in total. The third-order valence-corrected chi connectivity index (χ3v) is 4.45. The molecule has 0 bridgehead atoms. The third-order valence-electron chi connectivity index (χ3n) is 4.19. The number of nitrogens with one attached hydrogen (secondary N) is 1. The van der Waals surface area contributed by atoms with Crippen molar-refractivity contribution in [1.29, 1.82) is 0 Å². The number of nitrogens with zero attached hydrogens (tertiary/aromatic N) is 2. The summed E-state index contributed by atoms with van der Waals surface area (Å²) in [5.41, 5.74) is 3.01. The molecule has 1 aliphatic rings. The second-order valence-corrected chi connectivity index (χ2v) is 6.46. The van der Waals surface area contributed by atoms with E-state index in [9.17, 15) is 4.79 Å². The van der Waals surface area contributed by atoms with Gasteiger partial charge in [-0.05, 0) is 35.9 Å². The summed E-state index contributed by atoms with van der Waals surface area (Å²) in [6.45, 7) is 3.75. The van der Waals surface area contributed by atoms with Gasteiger partial charge in [-0.2, -0.15) is 0 Å². The quantitative estimate of drug-likeness (QED) is 0.902. The van der Waals surface area contributed by atoms with Gasteiger partial charge in [-0.3, -0.25) is 0 Å². The largest absolute Gasteiger partial charge is 0.378 e. The topological polar surface area (TPSA) is 44.8 Å². The Morgan fingerprint density at radius 1 is 1.16 bits per heavy atom. The molecule has 1 aliphatic heterocycles. The van der Waals surface area contributed by atoms with Crippen LogP contribution in [0.15, 0.2) is 48.5 Å². The van der Waals surface area contributed by atoms with Gasteiger partial charge in [-0.15, -0.1) is 0 Å². The minimum absolute atomic E-state index is 0.154. The Bertz CT molecular complexity index is 715. The van der Waals surface area contributed by atoms with Crippen molar-refractivity contribution in [2.75, 3.05) is 43.6 Å². The molecule has 0 spiro atoms. The molecule has 3 rings (SSSR count). The van der Waals surface area contributed by atoms with E-state index in [1.807, 2.05) is 12.1 Å². The molecule has 6 heteroatoms. The van der Waals surface area contributed by atoms with Crippen molar-refractivity contribution >= 4 is 29.0 Å². The number of anilines is 2. The van der Waals surface area contributed by atoms with E-state index in [-0.39, 0.29) is 6.03 Å². The number of carbonyl (C=O) groups excluding carboxylic acids is 1. The lowest BCUT2D eigenvalue weighted by Crippen LogP contribution is -2.37. The zero-order valence-corrected chi connectivity index (χ0v) is 15.0. The van der Waals surface area contributed by atoms with Gasteiger partial charge >= 0.3 is 6.03 Å². The molecule has 0 aliphatic carbocycles. The first-order chi connectivity index (χ1) is 12.1. The Labute approximate surface area is 153 Å². The number of morpholine rings is 1. The zero-order valence-electron chi connectivity index (χ0n) is 14.2. The van der Waals surface area contributed by atoms with Gasteiger partial charge in [0.2, 0.25) is 0 Å². The Morgan fingerprint density at radius 3 is 2.56 bits per heavy atom. The first-order valence-electron chi connectivity index (χ1n) is 8.32. The lowest BCUT2D eigenvalue weighted by atomic mass is 10.1. The normalized spacial score (nSPS) is 14.2. The molecular formula is C19H22ClN3O2. The van der Waals surface area contributed by atoms with Crippen LogP contribution in [0.25, 0.3) is 0 Å². The number of halogens is 1. The monoisotopic (exact) mass is 359 g/mol. The van der Waals surface area contributed by atoms with Crippen molar-refractivity contribution in [3.8, 4) is 0 Å². The van der Waals surface area contributed by atoms with Crippen LogP contribution in [0.3, 0.4) is 0 Å². The fourth-order valence-corrected chi connectivity index (χ4v) is 2.96. The maximum atomic E-state index is 12.4. The highest BCUT2D eigenvalue weighted by Crippen LogP contribution is 2.23. The number of hydrogen-bond donors (Lipinski definition) is 1. The third kappa shape index (κ3) is 4.65. The number of ether oxygens (including phenoxy) is 1. The number of hydrogen-bond acceptors (Lipinski definition) is 3. The zero-order chi connectivity index (χ0) is 17.6. The first kappa shape index (κ1) is 17.6. The first-order valence-corrected chi connectivity index (χ1v) is 8.69. The fraction of sp³-hybridized carbons (Fsp3) is 0.316. The highest BCUT2D eigenvalue weighted by molar-refractivity contribution is 6.30. The summed E-state index contributed by atoms with van der Waals surface area (Å²) in [4.78, 5) is 16.4. The minimum atomic E-state index is -0.154. The van der Waals surface area contributed by atoms with Crippen LogP contribution in [0.1, 0.15) is 5.56 Å². The van der Waals surface area contributed by atoms with Crippen molar-refractivity contribution < 1.29 is 9.53 Å². The number of para-hydroxylation sites is 1.